The number of nitrogens with two attached hydrogens (primary N) is 1. The van der Waals surface area contributed by atoms with E-state index in [0.29, 0.717) is 10.8 Å². The van der Waals surface area contributed by atoms with Crippen molar-refractivity contribution in [1.82, 2.24) is 0 Å². The molecule has 0 unspecified atom stereocenters. The fraction of sp³-hybridized carbons (Fsp3) is 0.111. The molecule has 1 rings (SSSR count). The minimum Gasteiger partial charge on any atom is -0.495 e. The van der Waals surface area contributed by atoms with Crippen LogP contribution in [-0.2, 0) is 0 Å². The lowest BCUT2D eigenvalue weighted by Crippen LogP contribution is -1.91. The van der Waals surface area contributed by atoms with Crippen molar-refractivity contribution in [2.75, 3.05) is 12.4 Å². The summed E-state index contributed by atoms with van der Waals surface area (Å²) in [6.07, 6.45) is 3.04. The van der Waals surface area contributed by atoms with Crippen LogP contribution in [0.3, 0.4) is 0 Å². The third-order valence-corrected chi connectivity index (χ3v) is 1.79. The fourth-order valence-corrected chi connectivity index (χ4v) is 1.16. The predicted octanol–water partition coefficient (Wildman–Crippen LogP) is 2.77. The molecule has 0 atom stereocenters. The molecule has 5 heteroatoms. The zero-order valence-electron chi connectivity index (χ0n) is 7.66. The maximum atomic E-state index is 5.89. The first-order valence-corrected chi connectivity index (χ1v) is 4.12. The Bertz CT molecular complexity index is 318. The molecule has 0 radical (unpaired) electrons. The molecule has 0 aromatic heterocycles. The van der Waals surface area contributed by atoms with Crippen LogP contribution in [0.25, 0.3) is 0 Å². The number of nitrogens with one attached hydrogen (secondary N) is 1. The molecule has 0 aliphatic rings. The topological polar surface area (TPSA) is 47.3 Å². The van der Waals surface area contributed by atoms with Crippen molar-refractivity contribution in [2.45, 2.75) is 0 Å². The van der Waals surface area contributed by atoms with E-state index in [0.717, 1.165) is 5.69 Å². The summed E-state index contributed by atoms with van der Waals surface area (Å²) < 4.78 is 5.00. The largest absolute Gasteiger partial charge is 0.495 e. The number of hydrogen-bond donors (Lipinski definition) is 2. The Morgan fingerprint density at radius 1 is 1.50 bits per heavy atom. The second-order valence-electron chi connectivity index (χ2n) is 2.35. The number of halogens is 2. The van der Waals surface area contributed by atoms with Gasteiger partial charge in [-0.3, -0.25) is 0 Å². The molecule has 78 valence electrons. The van der Waals surface area contributed by atoms with Crippen molar-refractivity contribution in [3.63, 3.8) is 0 Å². The van der Waals surface area contributed by atoms with Gasteiger partial charge in [0.05, 0.1) is 12.1 Å². The van der Waals surface area contributed by atoms with E-state index in [1.54, 1.807) is 25.4 Å². The standard InChI is InChI=1S/C9H11ClN2O.BrH/c1-13-9-3-2-7(6-8(9)10)12-5-4-11;/h2-6,12H,11H2,1H3;1H/b5-4+;. The first-order valence-electron chi connectivity index (χ1n) is 3.74. The highest BCUT2D eigenvalue weighted by atomic mass is 79.9. The van der Waals surface area contributed by atoms with Crippen LogP contribution in [0.2, 0.25) is 5.02 Å². The lowest BCUT2D eigenvalue weighted by Gasteiger charge is -2.05. The average molecular weight is 280 g/mol. The summed E-state index contributed by atoms with van der Waals surface area (Å²) in [4.78, 5) is 0. The van der Waals surface area contributed by atoms with Crippen LogP contribution in [-0.4, -0.2) is 7.11 Å². The molecule has 0 heterocycles. The number of methoxy groups -OCH3 is 1. The average Bonchev–Trinajstić information content (AvgIpc) is 2.15. The summed E-state index contributed by atoms with van der Waals surface area (Å²) in [7, 11) is 1.58. The Morgan fingerprint density at radius 3 is 2.71 bits per heavy atom. The highest BCUT2D eigenvalue weighted by Crippen LogP contribution is 2.26. The zero-order valence-corrected chi connectivity index (χ0v) is 10.1. The van der Waals surface area contributed by atoms with Crippen molar-refractivity contribution in [3.8, 4) is 5.75 Å². The van der Waals surface area contributed by atoms with Crippen molar-refractivity contribution >= 4 is 34.3 Å². The normalized spacial score (nSPS) is 9.57. The molecule has 0 saturated carbocycles. The van der Waals surface area contributed by atoms with Gasteiger partial charge in [-0.2, -0.15) is 0 Å². The monoisotopic (exact) mass is 278 g/mol. The van der Waals surface area contributed by atoms with Gasteiger partial charge in [0, 0.05) is 18.1 Å². The molecule has 0 saturated heterocycles. The van der Waals surface area contributed by atoms with Crippen molar-refractivity contribution in [2.24, 2.45) is 5.73 Å². The first kappa shape index (κ1) is 13.1. The zero-order chi connectivity index (χ0) is 9.68. The maximum Gasteiger partial charge on any atom is 0.137 e. The number of rotatable bonds is 3. The number of anilines is 1. The second kappa shape index (κ2) is 6.56. The maximum absolute atomic E-state index is 5.89. The van der Waals surface area contributed by atoms with Crippen LogP contribution in [0, 0.1) is 0 Å². The van der Waals surface area contributed by atoms with Gasteiger partial charge in [-0.25, -0.2) is 0 Å². The van der Waals surface area contributed by atoms with Gasteiger partial charge in [0.25, 0.3) is 0 Å². The minimum absolute atomic E-state index is 0. The molecule has 1 aromatic carbocycles. The highest BCUT2D eigenvalue weighted by molar-refractivity contribution is 8.93. The number of ether oxygens (including phenoxy) is 1. The third-order valence-electron chi connectivity index (χ3n) is 1.50. The minimum atomic E-state index is 0. The van der Waals surface area contributed by atoms with E-state index >= 15 is 0 Å². The van der Waals surface area contributed by atoms with Gasteiger partial charge in [-0.05, 0) is 18.2 Å². The van der Waals surface area contributed by atoms with Crippen LogP contribution < -0.4 is 15.8 Å². The molecule has 0 bridgehead atoms. The molecule has 0 spiro atoms. The Labute approximate surface area is 98.7 Å². The van der Waals surface area contributed by atoms with Gasteiger partial charge in [0.1, 0.15) is 5.75 Å². The van der Waals surface area contributed by atoms with Crippen LogP contribution in [0.15, 0.2) is 30.6 Å². The molecule has 0 amide bonds. The van der Waals surface area contributed by atoms with E-state index < -0.39 is 0 Å². The summed E-state index contributed by atoms with van der Waals surface area (Å²) in [6, 6.07) is 5.40. The van der Waals surface area contributed by atoms with Gasteiger partial charge in [-0.15, -0.1) is 17.0 Å². The quantitative estimate of drug-likeness (QED) is 0.894. The van der Waals surface area contributed by atoms with Gasteiger partial charge in [-0.1, -0.05) is 11.6 Å². The van der Waals surface area contributed by atoms with Gasteiger partial charge in [0.15, 0.2) is 0 Å². The Morgan fingerprint density at radius 2 is 2.21 bits per heavy atom. The van der Waals surface area contributed by atoms with Crippen LogP contribution in [0.5, 0.6) is 5.75 Å². The summed E-state index contributed by atoms with van der Waals surface area (Å²) in [6.45, 7) is 0. The molecule has 3 nitrogen and oxygen atoms in total. The lowest BCUT2D eigenvalue weighted by molar-refractivity contribution is 0.415. The van der Waals surface area contributed by atoms with E-state index in [9.17, 15) is 0 Å². The molecule has 1 aromatic rings. The fourth-order valence-electron chi connectivity index (χ4n) is 0.901. The molecule has 0 fully saturated rings. The predicted molar refractivity (Wildman–Crippen MR) is 65.3 cm³/mol. The number of benzene rings is 1. The van der Waals surface area contributed by atoms with E-state index in [-0.39, 0.29) is 17.0 Å². The van der Waals surface area contributed by atoms with Gasteiger partial charge in [0.2, 0.25) is 0 Å². The van der Waals surface area contributed by atoms with Gasteiger partial charge >= 0.3 is 0 Å². The molecular weight excluding hydrogens is 267 g/mol. The van der Waals surface area contributed by atoms with Crippen molar-refractivity contribution < 1.29 is 4.74 Å². The van der Waals surface area contributed by atoms with E-state index in [1.807, 2.05) is 6.07 Å². The number of hydrogen-bond acceptors (Lipinski definition) is 3. The highest BCUT2D eigenvalue weighted by Gasteiger charge is 1.99. The Balaban J connectivity index is 0.00000169. The third kappa shape index (κ3) is 3.47. The van der Waals surface area contributed by atoms with Crippen LogP contribution in [0.1, 0.15) is 0 Å². The summed E-state index contributed by atoms with van der Waals surface area (Å²) >= 11 is 5.89. The molecule has 3 N–H and O–H groups in total. The SMILES string of the molecule is Br.COc1ccc(N/C=C/N)cc1Cl. The molecule has 0 aliphatic heterocycles. The van der Waals surface area contributed by atoms with Gasteiger partial charge < -0.3 is 15.8 Å². The van der Waals surface area contributed by atoms with Crippen LogP contribution >= 0.6 is 28.6 Å². The lowest BCUT2D eigenvalue weighted by atomic mass is 10.3. The summed E-state index contributed by atoms with van der Waals surface area (Å²) in [5.41, 5.74) is 6.04. The Hall–Kier alpha value is -0.870. The van der Waals surface area contributed by atoms with Crippen LogP contribution in [0.4, 0.5) is 5.69 Å². The molecular formula is C9H12BrClN2O. The second-order valence-corrected chi connectivity index (χ2v) is 2.76. The first-order chi connectivity index (χ1) is 6.27. The summed E-state index contributed by atoms with van der Waals surface area (Å²) in [5, 5.41) is 3.51. The molecule has 0 aliphatic carbocycles. The van der Waals surface area contributed by atoms with Crippen molar-refractivity contribution in [1.29, 1.82) is 0 Å². The van der Waals surface area contributed by atoms with Crippen molar-refractivity contribution in [3.05, 3.63) is 35.6 Å². The molecule has 14 heavy (non-hydrogen) atoms. The smallest absolute Gasteiger partial charge is 0.137 e. The van der Waals surface area contributed by atoms with E-state index in [4.69, 9.17) is 22.1 Å². The Kier molecular flexibility index (Phi) is 6.16. The summed E-state index contributed by atoms with van der Waals surface area (Å²) in [5.74, 6) is 0.656. The van der Waals surface area contributed by atoms with E-state index in [1.165, 1.54) is 6.20 Å². The van der Waals surface area contributed by atoms with E-state index in [2.05, 4.69) is 5.32 Å².